The molecule has 0 spiro atoms. The van der Waals surface area contributed by atoms with Crippen molar-refractivity contribution in [3.05, 3.63) is 12.2 Å². The van der Waals surface area contributed by atoms with Gasteiger partial charge in [0.2, 0.25) is 0 Å². The van der Waals surface area contributed by atoms with Crippen LogP contribution in [0.4, 0.5) is 0 Å². The summed E-state index contributed by atoms with van der Waals surface area (Å²) in [5.74, 6) is 4.93. The predicted molar refractivity (Wildman–Crippen MR) is 94.3 cm³/mol. The third kappa shape index (κ3) is 14.5. The van der Waals surface area contributed by atoms with Gasteiger partial charge in [0.1, 0.15) is 0 Å². The van der Waals surface area contributed by atoms with Crippen LogP contribution in [-0.4, -0.2) is 23.9 Å². The number of aliphatic hydroxyl groups is 1. The molecule has 132 valence electrons. The van der Waals surface area contributed by atoms with Crippen molar-refractivity contribution in [3.8, 4) is 0 Å². The Morgan fingerprint density at radius 2 is 1.41 bits per heavy atom. The molecule has 2 atom stereocenters. The first-order chi connectivity index (χ1) is 10.7. The van der Waals surface area contributed by atoms with Gasteiger partial charge in [-0.1, -0.05) is 83.3 Å². The molecule has 0 rings (SSSR count). The number of hydrogen-bond donors (Lipinski definition) is 3. The van der Waals surface area contributed by atoms with Gasteiger partial charge < -0.3 is 15.7 Å². The summed E-state index contributed by atoms with van der Waals surface area (Å²) < 4.78 is 0. The van der Waals surface area contributed by atoms with Crippen LogP contribution in [0.1, 0.15) is 84.0 Å². The molecule has 0 saturated carbocycles. The number of aliphatic hydroxyl groups excluding tert-OH is 1. The van der Waals surface area contributed by atoms with E-state index in [4.69, 9.17) is 11.6 Å². The van der Waals surface area contributed by atoms with Crippen LogP contribution in [0.15, 0.2) is 12.2 Å². The zero-order valence-electron chi connectivity index (χ0n) is 14.5. The summed E-state index contributed by atoms with van der Waals surface area (Å²) in [6, 6.07) is -0.446. The molecule has 0 bridgehead atoms. The molecule has 0 amide bonds. The van der Waals surface area contributed by atoms with E-state index in [1.54, 1.807) is 6.08 Å². The van der Waals surface area contributed by atoms with Gasteiger partial charge in [-0.2, -0.15) is 0 Å². The Kier molecular flexibility index (Phi) is 16.6. The average Bonchev–Trinajstić information content (AvgIpc) is 2.51. The van der Waals surface area contributed by atoms with Gasteiger partial charge in [0, 0.05) is 0 Å². The number of rotatable bonds is 16. The first-order valence-electron chi connectivity index (χ1n) is 9.14. The standard InChI is InChI=1S/C18H38N2O2/c1-2-3-4-5-6-7-8-9-10-11-12-13-14-15-18(21)17(19)16-22-20/h14-15,17-18,21H,2-13,16,19-20H2,1H3. The van der Waals surface area contributed by atoms with Crippen LogP contribution >= 0.6 is 0 Å². The molecule has 0 aromatic rings. The highest BCUT2D eigenvalue weighted by atomic mass is 16.6. The highest BCUT2D eigenvalue weighted by molar-refractivity contribution is 4.93. The van der Waals surface area contributed by atoms with Gasteiger partial charge in [-0.3, -0.25) is 0 Å². The highest BCUT2D eigenvalue weighted by Crippen LogP contribution is 2.12. The van der Waals surface area contributed by atoms with Gasteiger partial charge in [0.05, 0.1) is 18.8 Å². The van der Waals surface area contributed by atoms with E-state index < -0.39 is 12.1 Å². The lowest BCUT2D eigenvalue weighted by atomic mass is 10.0. The molecule has 0 heterocycles. The third-order valence-corrected chi connectivity index (χ3v) is 4.03. The number of hydrogen-bond acceptors (Lipinski definition) is 4. The third-order valence-electron chi connectivity index (χ3n) is 4.03. The fourth-order valence-corrected chi connectivity index (χ4v) is 2.51. The fraction of sp³-hybridized carbons (Fsp3) is 0.889. The van der Waals surface area contributed by atoms with Crippen molar-refractivity contribution in [2.24, 2.45) is 11.6 Å². The summed E-state index contributed by atoms with van der Waals surface area (Å²) in [5, 5.41) is 9.68. The number of allylic oxidation sites excluding steroid dienone is 1. The van der Waals surface area contributed by atoms with Gasteiger partial charge in [0.15, 0.2) is 0 Å². The lowest BCUT2D eigenvalue weighted by molar-refractivity contribution is 0.0814. The molecular weight excluding hydrogens is 276 g/mol. The largest absolute Gasteiger partial charge is 0.387 e. The van der Waals surface area contributed by atoms with Crippen LogP contribution in [0.3, 0.4) is 0 Å². The van der Waals surface area contributed by atoms with Crippen molar-refractivity contribution in [3.63, 3.8) is 0 Å². The summed E-state index contributed by atoms with van der Waals surface area (Å²) in [7, 11) is 0. The molecule has 0 aromatic heterocycles. The van der Waals surface area contributed by atoms with E-state index in [0.29, 0.717) is 0 Å². The molecule has 0 aliphatic rings. The SMILES string of the molecule is CCCCCCCCCCCCCC=CC(O)C(N)CON. The van der Waals surface area contributed by atoms with Gasteiger partial charge in [-0.25, -0.2) is 5.90 Å². The van der Waals surface area contributed by atoms with Crippen molar-refractivity contribution in [1.29, 1.82) is 0 Å². The maximum absolute atomic E-state index is 9.68. The number of nitrogens with two attached hydrogens (primary N) is 2. The molecule has 4 heteroatoms. The van der Waals surface area contributed by atoms with Gasteiger partial charge in [-0.15, -0.1) is 0 Å². The van der Waals surface area contributed by atoms with Crippen LogP contribution in [0.25, 0.3) is 0 Å². The van der Waals surface area contributed by atoms with Crippen molar-refractivity contribution >= 4 is 0 Å². The van der Waals surface area contributed by atoms with Crippen LogP contribution < -0.4 is 11.6 Å². The fourth-order valence-electron chi connectivity index (χ4n) is 2.51. The van der Waals surface area contributed by atoms with Crippen molar-refractivity contribution in [2.75, 3.05) is 6.61 Å². The second-order valence-corrected chi connectivity index (χ2v) is 6.24. The molecule has 0 aliphatic carbocycles. The minimum atomic E-state index is -0.670. The zero-order chi connectivity index (χ0) is 16.5. The first-order valence-corrected chi connectivity index (χ1v) is 9.14. The quantitative estimate of drug-likeness (QED) is 0.230. The molecule has 4 nitrogen and oxygen atoms in total. The molecule has 2 unspecified atom stereocenters. The Morgan fingerprint density at radius 3 is 1.91 bits per heavy atom. The van der Waals surface area contributed by atoms with Crippen molar-refractivity contribution in [2.45, 2.75) is 96.1 Å². The molecule has 0 aliphatic heterocycles. The van der Waals surface area contributed by atoms with Gasteiger partial charge in [0.25, 0.3) is 0 Å². The molecule has 0 radical (unpaired) electrons. The second-order valence-electron chi connectivity index (χ2n) is 6.24. The van der Waals surface area contributed by atoms with E-state index in [2.05, 4.69) is 11.8 Å². The lowest BCUT2D eigenvalue weighted by Gasteiger charge is -2.13. The summed E-state index contributed by atoms with van der Waals surface area (Å²) in [6.07, 6.45) is 19.0. The Labute approximate surface area is 137 Å². The molecule has 0 fully saturated rings. The van der Waals surface area contributed by atoms with E-state index >= 15 is 0 Å². The summed E-state index contributed by atoms with van der Waals surface area (Å²) in [4.78, 5) is 4.42. The van der Waals surface area contributed by atoms with E-state index in [1.165, 1.54) is 70.6 Å². The normalized spacial score (nSPS) is 14.5. The Morgan fingerprint density at radius 1 is 0.909 bits per heavy atom. The molecular formula is C18H38N2O2. The minimum Gasteiger partial charge on any atom is -0.387 e. The van der Waals surface area contributed by atoms with Crippen molar-refractivity contribution in [1.82, 2.24) is 0 Å². The molecule has 5 N–H and O–H groups in total. The lowest BCUT2D eigenvalue weighted by Crippen LogP contribution is -2.38. The monoisotopic (exact) mass is 314 g/mol. The molecule has 0 saturated heterocycles. The summed E-state index contributed by atoms with van der Waals surface area (Å²) in [5.41, 5.74) is 5.67. The van der Waals surface area contributed by atoms with Crippen LogP contribution in [-0.2, 0) is 4.84 Å². The molecule has 22 heavy (non-hydrogen) atoms. The Balaban J connectivity index is 3.26. The van der Waals surface area contributed by atoms with E-state index in [9.17, 15) is 5.11 Å². The van der Waals surface area contributed by atoms with E-state index in [0.717, 1.165) is 6.42 Å². The highest BCUT2D eigenvalue weighted by Gasteiger charge is 2.10. The van der Waals surface area contributed by atoms with Crippen LogP contribution in [0, 0.1) is 0 Å². The summed E-state index contributed by atoms with van der Waals surface area (Å²) in [6.45, 7) is 2.43. The zero-order valence-corrected chi connectivity index (χ0v) is 14.5. The van der Waals surface area contributed by atoms with Crippen LogP contribution in [0.5, 0.6) is 0 Å². The van der Waals surface area contributed by atoms with Gasteiger partial charge in [-0.05, 0) is 12.8 Å². The van der Waals surface area contributed by atoms with Crippen molar-refractivity contribution < 1.29 is 9.94 Å². The topological polar surface area (TPSA) is 81.5 Å². The maximum Gasteiger partial charge on any atom is 0.0895 e. The first kappa shape index (κ1) is 21.6. The van der Waals surface area contributed by atoms with Gasteiger partial charge >= 0.3 is 0 Å². The van der Waals surface area contributed by atoms with E-state index in [-0.39, 0.29) is 6.61 Å². The molecule has 0 aromatic carbocycles. The number of unbranched alkanes of at least 4 members (excludes halogenated alkanes) is 11. The minimum absolute atomic E-state index is 0.171. The maximum atomic E-state index is 9.68. The van der Waals surface area contributed by atoms with E-state index in [1.807, 2.05) is 6.08 Å². The Bertz CT molecular complexity index is 247. The summed E-state index contributed by atoms with van der Waals surface area (Å²) >= 11 is 0. The van der Waals surface area contributed by atoms with Crippen LogP contribution in [0.2, 0.25) is 0 Å². The second kappa shape index (κ2) is 16.9. The predicted octanol–water partition coefficient (Wildman–Crippen LogP) is 3.82. The smallest absolute Gasteiger partial charge is 0.0895 e. The average molecular weight is 315 g/mol. The Hall–Kier alpha value is -0.420.